The molecule has 21 heavy (non-hydrogen) atoms. The third-order valence-corrected chi connectivity index (χ3v) is 5.87. The summed E-state index contributed by atoms with van der Waals surface area (Å²) in [6.45, 7) is 3.50. The van der Waals surface area contributed by atoms with Gasteiger partial charge in [0.2, 0.25) is 0 Å². The third-order valence-electron chi connectivity index (χ3n) is 4.07. The molecule has 2 heterocycles. The van der Waals surface area contributed by atoms with Gasteiger partial charge in [-0.05, 0) is 46.1 Å². The second kappa shape index (κ2) is 5.91. The molecule has 3 nitrogen and oxygen atoms in total. The molecule has 0 bridgehead atoms. The van der Waals surface area contributed by atoms with Crippen LogP contribution >= 0.6 is 27.3 Å². The highest BCUT2D eigenvalue weighted by Crippen LogP contribution is 2.36. The summed E-state index contributed by atoms with van der Waals surface area (Å²) in [5, 5.41) is 9.53. The van der Waals surface area contributed by atoms with Crippen LogP contribution in [0, 0.1) is 0 Å². The van der Waals surface area contributed by atoms with Crippen molar-refractivity contribution in [3.05, 3.63) is 56.2 Å². The minimum Gasteiger partial charge on any atom is -0.481 e. The number of benzene rings is 1. The van der Waals surface area contributed by atoms with Crippen LogP contribution in [0.2, 0.25) is 0 Å². The Balaban J connectivity index is 1.91. The van der Waals surface area contributed by atoms with E-state index in [1.54, 1.807) is 11.3 Å². The number of carbonyl (C=O) groups is 1. The molecule has 1 aromatic heterocycles. The number of thiophene rings is 1. The lowest BCUT2D eigenvalue weighted by atomic mass is 9.89. The highest BCUT2D eigenvalue weighted by molar-refractivity contribution is 9.11. The number of nitrogens with zero attached hydrogens (tertiary/aromatic N) is 1. The highest BCUT2D eigenvalue weighted by Gasteiger charge is 2.32. The van der Waals surface area contributed by atoms with E-state index in [9.17, 15) is 9.90 Å². The number of fused-ring (bicyclic) bond motifs is 1. The van der Waals surface area contributed by atoms with Crippen molar-refractivity contribution in [2.24, 2.45) is 0 Å². The van der Waals surface area contributed by atoms with Gasteiger partial charge >= 0.3 is 5.97 Å². The first-order valence-electron chi connectivity index (χ1n) is 6.86. The summed E-state index contributed by atoms with van der Waals surface area (Å²) >= 11 is 5.20. The molecule has 1 N–H and O–H groups in total. The fourth-order valence-electron chi connectivity index (χ4n) is 2.87. The monoisotopic (exact) mass is 365 g/mol. The van der Waals surface area contributed by atoms with E-state index in [2.05, 4.69) is 33.8 Å². The minimum absolute atomic E-state index is 0.219. The van der Waals surface area contributed by atoms with E-state index < -0.39 is 11.9 Å². The molecule has 0 amide bonds. The van der Waals surface area contributed by atoms with Crippen molar-refractivity contribution in [3.63, 3.8) is 0 Å². The topological polar surface area (TPSA) is 40.5 Å². The number of halogens is 1. The van der Waals surface area contributed by atoms with E-state index in [0.29, 0.717) is 6.54 Å². The first-order valence-corrected chi connectivity index (χ1v) is 8.47. The molecule has 3 rings (SSSR count). The van der Waals surface area contributed by atoms with Gasteiger partial charge in [-0.25, -0.2) is 0 Å². The van der Waals surface area contributed by atoms with Gasteiger partial charge in [-0.3, -0.25) is 9.69 Å². The van der Waals surface area contributed by atoms with Gasteiger partial charge in [0.05, 0.1) is 9.70 Å². The molecule has 2 unspecified atom stereocenters. The predicted octanol–water partition coefficient (Wildman–Crippen LogP) is 4.26. The van der Waals surface area contributed by atoms with Gasteiger partial charge in [0, 0.05) is 24.0 Å². The van der Waals surface area contributed by atoms with Crippen molar-refractivity contribution in [2.75, 3.05) is 6.54 Å². The molecule has 0 aliphatic carbocycles. The summed E-state index contributed by atoms with van der Waals surface area (Å²) in [5.74, 6) is -1.19. The highest BCUT2D eigenvalue weighted by atomic mass is 79.9. The van der Waals surface area contributed by atoms with E-state index in [1.807, 2.05) is 30.3 Å². The van der Waals surface area contributed by atoms with Crippen molar-refractivity contribution in [1.82, 2.24) is 4.90 Å². The molecule has 2 atom stereocenters. The lowest BCUT2D eigenvalue weighted by Crippen LogP contribution is -2.38. The van der Waals surface area contributed by atoms with E-state index in [0.717, 1.165) is 21.5 Å². The van der Waals surface area contributed by atoms with Crippen LogP contribution in [0.15, 0.2) is 40.2 Å². The Morgan fingerprint density at radius 2 is 2.14 bits per heavy atom. The zero-order chi connectivity index (χ0) is 15.0. The Morgan fingerprint density at radius 1 is 1.38 bits per heavy atom. The van der Waals surface area contributed by atoms with Gasteiger partial charge in [0.15, 0.2) is 0 Å². The molecule has 0 saturated heterocycles. The number of rotatable bonds is 3. The second-order valence-corrected chi connectivity index (χ2v) is 7.83. The third kappa shape index (κ3) is 2.91. The van der Waals surface area contributed by atoms with Gasteiger partial charge in [0.1, 0.15) is 0 Å². The molecule has 1 aliphatic rings. The van der Waals surface area contributed by atoms with Gasteiger partial charge < -0.3 is 5.11 Å². The van der Waals surface area contributed by atoms with Crippen LogP contribution in [0.3, 0.4) is 0 Å². The van der Waals surface area contributed by atoms with Gasteiger partial charge in [-0.2, -0.15) is 0 Å². The number of carboxylic acids is 1. The van der Waals surface area contributed by atoms with Crippen LogP contribution in [-0.4, -0.2) is 22.5 Å². The fraction of sp³-hybridized carbons (Fsp3) is 0.312. The summed E-state index contributed by atoms with van der Waals surface area (Å²) < 4.78 is 1.11. The zero-order valence-electron chi connectivity index (χ0n) is 11.6. The molecule has 0 radical (unpaired) electrons. The first kappa shape index (κ1) is 14.8. The lowest BCUT2D eigenvalue weighted by Gasteiger charge is -2.36. The van der Waals surface area contributed by atoms with Crippen LogP contribution in [0.1, 0.15) is 34.9 Å². The summed E-state index contributed by atoms with van der Waals surface area (Å²) in [4.78, 5) is 15.1. The van der Waals surface area contributed by atoms with Gasteiger partial charge in [0.25, 0.3) is 0 Å². The molecule has 2 aromatic rings. The zero-order valence-corrected chi connectivity index (χ0v) is 14.0. The van der Waals surface area contributed by atoms with Crippen molar-refractivity contribution in [1.29, 1.82) is 0 Å². The van der Waals surface area contributed by atoms with E-state index in [1.165, 1.54) is 4.88 Å². The Hall–Kier alpha value is -1.17. The Labute approximate surface area is 136 Å². The summed E-state index contributed by atoms with van der Waals surface area (Å²) in [7, 11) is 0. The average molecular weight is 366 g/mol. The van der Waals surface area contributed by atoms with Crippen molar-refractivity contribution >= 4 is 33.2 Å². The van der Waals surface area contributed by atoms with Crippen LogP contribution in [-0.2, 0) is 11.3 Å². The quantitative estimate of drug-likeness (QED) is 0.883. The van der Waals surface area contributed by atoms with Crippen LogP contribution < -0.4 is 0 Å². The maximum atomic E-state index is 11.6. The molecule has 1 aliphatic heterocycles. The second-order valence-electron chi connectivity index (χ2n) is 5.34. The number of hydrogen-bond donors (Lipinski definition) is 1. The molecule has 0 saturated carbocycles. The maximum Gasteiger partial charge on any atom is 0.312 e. The molecule has 5 heteroatoms. The standard InChI is InChI=1S/C16H16BrNO2S/c1-10(14-6-7-15(17)21-14)18-8-11-4-2-3-5-12(11)13(9-18)16(19)20/h2-7,10,13H,8-9H2,1H3,(H,19,20). The largest absolute Gasteiger partial charge is 0.481 e. The SMILES string of the molecule is CC(c1ccc(Br)s1)N1Cc2ccccc2C(C(=O)O)C1. The number of aliphatic carboxylic acids is 1. The molecule has 110 valence electrons. The molecule has 0 fully saturated rings. The maximum absolute atomic E-state index is 11.6. The molecular weight excluding hydrogens is 350 g/mol. The molecule has 1 aromatic carbocycles. The van der Waals surface area contributed by atoms with Crippen LogP contribution in [0.4, 0.5) is 0 Å². The number of hydrogen-bond acceptors (Lipinski definition) is 3. The predicted molar refractivity (Wildman–Crippen MR) is 87.7 cm³/mol. The van der Waals surface area contributed by atoms with E-state index >= 15 is 0 Å². The van der Waals surface area contributed by atoms with Crippen molar-refractivity contribution in [2.45, 2.75) is 25.4 Å². The van der Waals surface area contributed by atoms with Crippen molar-refractivity contribution < 1.29 is 9.90 Å². The van der Waals surface area contributed by atoms with E-state index in [-0.39, 0.29) is 6.04 Å². The Kier molecular flexibility index (Phi) is 4.15. The Bertz CT molecular complexity index is 670. The normalized spacial score (nSPS) is 20.0. The van der Waals surface area contributed by atoms with Crippen LogP contribution in [0.25, 0.3) is 0 Å². The van der Waals surface area contributed by atoms with E-state index in [4.69, 9.17) is 0 Å². The smallest absolute Gasteiger partial charge is 0.312 e. The van der Waals surface area contributed by atoms with Gasteiger partial charge in [-0.1, -0.05) is 24.3 Å². The molecular formula is C16H16BrNO2S. The van der Waals surface area contributed by atoms with Crippen LogP contribution in [0.5, 0.6) is 0 Å². The number of carboxylic acid groups (broad SMARTS) is 1. The molecule has 0 spiro atoms. The minimum atomic E-state index is -0.744. The lowest BCUT2D eigenvalue weighted by molar-refractivity contribution is -0.139. The fourth-order valence-corrected chi connectivity index (χ4v) is 4.38. The summed E-state index contributed by atoms with van der Waals surface area (Å²) in [6, 6.07) is 12.2. The Morgan fingerprint density at radius 3 is 2.81 bits per heavy atom. The van der Waals surface area contributed by atoms with Crippen molar-refractivity contribution in [3.8, 4) is 0 Å². The summed E-state index contributed by atoms with van der Waals surface area (Å²) in [6.07, 6.45) is 0. The van der Waals surface area contributed by atoms with Gasteiger partial charge in [-0.15, -0.1) is 11.3 Å². The average Bonchev–Trinajstić information content (AvgIpc) is 2.91. The summed E-state index contributed by atoms with van der Waals surface area (Å²) in [5.41, 5.74) is 2.08. The first-order chi connectivity index (χ1) is 10.1.